The molecule has 2 N–H and O–H groups in total. The Labute approximate surface area is 178 Å². The number of halogens is 2. The van der Waals surface area contributed by atoms with Gasteiger partial charge < -0.3 is 10.6 Å². The Balaban J connectivity index is 1.83. The highest BCUT2D eigenvalue weighted by molar-refractivity contribution is 6.03. The molecule has 1 atom stereocenters. The lowest BCUT2D eigenvalue weighted by Gasteiger charge is -2.28. The van der Waals surface area contributed by atoms with E-state index >= 15 is 0 Å². The lowest BCUT2D eigenvalue weighted by atomic mass is 9.78. The first-order chi connectivity index (χ1) is 15.0. The highest BCUT2D eigenvalue weighted by Gasteiger charge is 2.31. The van der Waals surface area contributed by atoms with Gasteiger partial charge in [-0.3, -0.25) is 0 Å². The fourth-order valence-corrected chi connectivity index (χ4v) is 4.00. The number of pyridine rings is 1. The number of oxime groups is 1. The third-order valence-corrected chi connectivity index (χ3v) is 5.22. The van der Waals surface area contributed by atoms with Gasteiger partial charge in [-0.25, -0.2) is 19.3 Å². The van der Waals surface area contributed by atoms with Crippen molar-refractivity contribution >= 4 is 11.7 Å². The molecule has 1 unspecified atom stereocenters. The van der Waals surface area contributed by atoms with Crippen molar-refractivity contribution in [2.75, 3.05) is 12.3 Å². The van der Waals surface area contributed by atoms with Gasteiger partial charge in [0.2, 0.25) is 11.9 Å². The van der Waals surface area contributed by atoms with Gasteiger partial charge in [0.25, 0.3) is 0 Å². The largest absolute Gasteiger partial charge is 0.391 e. The van der Waals surface area contributed by atoms with Crippen LogP contribution in [0.15, 0.2) is 54.3 Å². The van der Waals surface area contributed by atoms with Crippen LogP contribution in [0.1, 0.15) is 34.9 Å². The predicted octanol–water partition coefficient (Wildman–Crippen LogP) is 4.34. The molecule has 158 valence electrons. The van der Waals surface area contributed by atoms with E-state index in [2.05, 4.69) is 26.7 Å². The monoisotopic (exact) mass is 421 g/mol. The van der Waals surface area contributed by atoms with Crippen molar-refractivity contribution in [2.45, 2.75) is 25.7 Å². The maximum atomic E-state index is 14.5. The van der Waals surface area contributed by atoms with E-state index < -0.39 is 11.8 Å². The van der Waals surface area contributed by atoms with E-state index in [0.29, 0.717) is 29.8 Å². The fraction of sp³-hybridized carbons (Fsp3) is 0.217. The van der Waals surface area contributed by atoms with Gasteiger partial charge >= 0.3 is 0 Å². The van der Waals surface area contributed by atoms with E-state index in [1.54, 1.807) is 24.3 Å². The van der Waals surface area contributed by atoms with Crippen LogP contribution in [-0.4, -0.2) is 27.3 Å². The van der Waals surface area contributed by atoms with Crippen LogP contribution in [0.4, 0.5) is 14.7 Å². The zero-order valence-electron chi connectivity index (χ0n) is 17.0. The summed E-state index contributed by atoms with van der Waals surface area (Å²) in [5, 5.41) is 4.28. The van der Waals surface area contributed by atoms with Gasteiger partial charge in [0.05, 0.1) is 17.1 Å². The van der Waals surface area contributed by atoms with Crippen molar-refractivity contribution < 1.29 is 13.6 Å². The van der Waals surface area contributed by atoms with E-state index in [0.717, 1.165) is 16.8 Å². The zero-order chi connectivity index (χ0) is 22.0. The van der Waals surface area contributed by atoms with E-state index in [1.165, 1.54) is 18.3 Å². The zero-order valence-corrected chi connectivity index (χ0v) is 17.0. The van der Waals surface area contributed by atoms with Crippen LogP contribution in [0.3, 0.4) is 0 Å². The summed E-state index contributed by atoms with van der Waals surface area (Å²) >= 11 is 0. The van der Waals surface area contributed by atoms with Crippen LogP contribution in [0.5, 0.6) is 0 Å². The van der Waals surface area contributed by atoms with Crippen LogP contribution >= 0.6 is 0 Å². The molecule has 8 heteroatoms. The summed E-state index contributed by atoms with van der Waals surface area (Å²) in [6.45, 7) is 5.72. The molecule has 0 saturated carbocycles. The van der Waals surface area contributed by atoms with Gasteiger partial charge in [0, 0.05) is 23.7 Å². The highest BCUT2D eigenvalue weighted by atomic mass is 19.1. The third kappa shape index (κ3) is 4.14. The van der Waals surface area contributed by atoms with Gasteiger partial charge in [-0.15, -0.1) is 0 Å². The average Bonchev–Trinajstić information content (AvgIpc) is 2.73. The van der Waals surface area contributed by atoms with Gasteiger partial charge in [-0.1, -0.05) is 23.9 Å². The summed E-state index contributed by atoms with van der Waals surface area (Å²) in [6, 6.07) is 7.58. The minimum absolute atomic E-state index is 0.150. The molecule has 0 fully saturated rings. The number of benzene rings is 1. The molecule has 4 rings (SSSR count). The van der Waals surface area contributed by atoms with Crippen molar-refractivity contribution in [2.24, 2.45) is 5.16 Å². The molecule has 0 bridgehead atoms. The van der Waals surface area contributed by atoms with Gasteiger partial charge in [-0.05, 0) is 54.7 Å². The second kappa shape index (κ2) is 8.59. The smallest absolute Gasteiger partial charge is 0.220 e. The maximum absolute atomic E-state index is 14.5. The first-order valence-electron chi connectivity index (χ1n) is 9.81. The van der Waals surface area contributed by atoms with Crippen LogP contribution in [0, 0.1) is 18.7 Å². The molecular formula is C23H21F2N5O. The molecule has 0 radical (unpaired) electrons. The summed E-state index contributed by atoms with van der Waals surface area (Å²) < 4.78 is 28.6. The number of hydrogen-bond donors (Lipinski definition) is 1. The van der Waals surface area contributed by atoms with Crippen LogP contribution < -0.4 is 5.73 Å². The number of fused-ring (bicyclic) bond motifs is 1. The van der Waals surface area contributed by atoms with Crippen LogP contribution in [0.2, 0.25) is 0 Å². The minimum Gasteiger partial charge on any atom is -0.391 e. The fourth-order valence-electron chi connectivity index (χ4n) is 4.00. The minimum atomic E-state index is -0.656. The van der Waals surface area contributed by atoms with Gasteiger partial charge in [0.15, 0.2) is 0 Å². The topological polar surface area (TPSA) is 86.3 Å². The van der Waals surface area contributed by atoms with E-state index in [9.17, 15) is 8.78 Å². The Morgan fingerprint density at radius 3 is 2.84 bits per heavy atom. The second-order valence-electron chi connectivity index (χ2n) is 7.29. The molecule has 1 aliphatic rings. The lowest BCUT2D eigenvalue weighted by molar-refractivity contribution is 0.174. The van der Waals surface area contributed by atoms with Crippen molar-refractivity contribution in [3.63, 3.8) is 0 Å². The molecule has 1 aliphatic carbocycles. The number of rotatable bonds is 5. The number of anilines is 1. The highest BCUT2D eigenvalue weighted by Crippen LogP contribution is 2.39. The predicted molar refractivity (Wildman–Crippen MR) is 115 cm³/mol. The first-order valence-corrected chi connectivity index (χ1v) is 9.81. The Bertz CT molecular complexity index is 1180. The summed E-state index contributed by atoms with van der Waals surface area (Å²) in [5.41, 5.74) is 10.2. The lowest BCUT2D eigenvalue weighted by Crippen LogP contribution is -2.24. The number of aromatic nitrogens is 3. The molecule has 2 aromatic heterocycles. The molecular weight excluding hydrogens is 400 g/mol. The molecule has 6 nitrogen and oxygen atoms in total. The SMILES string of the molecule is C=CCON=C1CC(c2ccc(F)cc2-c2cccnc2F)Cc2nc(N)nc(C)c21. The van der Waals surface area contributed by atoms with Crippen molar-refractivity contribution in [1.82, 2.24) is 15.0 Å². The Morgan fingerprint density at radius 1 is 1.23 bits per heavy atom. The molecule has 3 aromatic rings. The molecule has 0 saturated heterocycles. The molecule has 31 heavy (non-hydrogen) atoms. The number of aryl methyl sites for hydroxylation is 1. The number of nitrogens with two attached hydrogens (primary N) is 1. The maximum Gasteiger partial charge on any atom is 0.220 e. The summed E-state index contributed by atoms with van der Waals surface area (Å²) in [4.78, 5) is 17.7. The second-order valence-corrected chi connectivity index (χ2v) is 7.29. The van der Waals surface area contributed by atoms with E-state index in [1.807, 2.05) is 6.92 Å². The first kappa shape index (κ1) is 20.6. The number of hydrogen-bond acceptors (Lipinski definition) is 6. The normalized spacial score (nSPS) is 16.7. The van der Waals surface area contributed by atoms with E-state index in [-0.39, 0.29) is 24.0 Å². The average molecular weight is 421 g/mol. The standard InChI is InChI=1S/C23H21F2N5O/c1-3-9-31-30-20-11-14(10-19-21(20)13(2)28-23(26)29-19)16-7-6-15(24)12-18(16)17-5-4-8-27-22(17)25/h3-8,12,14H,1,9-11H2,2H3,(H2,26,28,29). The quantitative estimate of drug-likeness (QED) is 0.287. The van der Waals surface area contributed by atoms with Crippen molar-refractivity contribution in [1.29, 1.82) is 0 Å². The Kier molecular flexibility index (Phi) is 5.70. The molecule has 0 amide bonds. The molecule has 0 aliphatic heterocycles. The molecule has 2 heterocycles. The van der Waals surface area contributed by atoms with Gasteiger partial charge in [0.1, 0.15) is 12.4 Å². The Hall–Kier alpha value is -3.68. The summed E-state index contributed by atoms with van der Waals surface area (Å²) in [5.74, 6) is -1.09. The van der Waals surface area contributed by atoms with Crippen molar-refractivity contribution in [3.05, 3.63) is 83.5 Å². The van der Waals surface area contributed by atoms with E-state index in [4.69, 9.17) is 10.6 Å². The number of nitrogen functional groups attached to an aromatic ring is 1. The van der Waals surface area contributed by atoms with Crippen molar-refractivity contribution in [3.8, 4) is 11.1 Å². The summed E-state index contributed by atoms with van der Waals surface area (Å²) in [7, 11) is 0. The molecule has 1 aromatic carbocycles. The number of nitrogens with zero attached hydrogens (tertiary/aromatic N) is 4. The van der Waals surface area contributed by atoms with Gasteiger partial charge in [-0.2, -0.15) is 4.39 Å². The Morgan fingerprint density at radius 2 is 2.06 bits per heavy atom. The van der Waals surface area contributed by atoms with Crippen LogP contribution in [-0.2, 0) is 11.3 Å². The summed E-state index contributed by atoms with van der Waals surface area (Å²) in [6.07, 6.45) is 3.96. The molecule has 0 spiro atoms. The van der Waals surface area contributed by atoms with Crippen LogP contribution in [0.25, 0.3) is 11.1 Å². The third-order valence-electron chi connectivity index (χ3n) is 5.22.